The summed E-state index contributed by atoms with van der Waals surface area (Å²) >= 11 is 0. The van der Waals surface area contributed by atoms with E-state index in [1.165, 1.54) is 6.07 Å². The molecule has 2 aliphatic rings. The van der Waals surface area contributed by atoms with Crippen LogP contribution in [0.5, 0.6) is 0 Å². The largest absolute Gasteiger partial charge is 0.385 e. The van der Waals surface area contributed by atoms with Crippen molar-refractivity contribution >= 4 is 37.4 Å². The van der Waals surface area contributed by atoms with E-state index in [0.717, 1.165) is 37.9 Å². The third-order valence-electron chi connectivity index (χ3n) is 7.15. The SMILES string of the molecule is COCCCCn1c(C(=O)N(CC(C)C)C2CNCC(C(=O)N3CCC3)C2)nc2cc(F)c(P)cc21. The van der Waals surface area contributed by atoms with Crippen molar-refractivity contribution in [2.75, 3.05) is 46.4 Å². The Labute approximate surface area is 215 Å². The Morgan fingerprint density at radius 1 is 1.28 bits per heavy atom. The zero-order valence-corrected chi connectivity index (χ0v) is 22.8. The fourth-order valence-electron chi connectivity index (χ4n) is 5.13. The number of unbranched alkanes of at least 4 members (excludes halogenated alkanes) is 1. The van der Waals surface area contributed by atoms with E-state index in [1.807, 2.05) is 14.4 Å². The molecule has 8 nitrogen and oxygen atoms in total. The Kier molecular flexibility index (Phi) is 8.96. The molecule has 4 rings (SSSR count). The van der Waals surface area contributed by atoms with E-state index in [0.29, 0.717) is 55.9 Å². The van der Waals surface area contributed by atoms with Crippen LogP contribution in [0.4, 0.5) is 4.39 Å². The number of nitrogens with zero attached hydrogens (tertiary/aromatic N) is 4. The minimum Gasteiger partial charge on any atom is -0.385 e. The summed E-state index contributed by atoms with van der Waals surface area (Å²) in [6.45, 7) is 8.90. The number of imidazole rings is 1. The zero-order valence-electron chi connectivity index (χ0n) is 21.6. The Morgan fingerprint density at radius 2 is 2.06 bits per heavy atom. The van der Waals surface area contributed by atoms with E-state index >= 15 is 0 Å². The van der Waals surface area contributed by atoms with Gasteiger partial charge in [-0.1, -0.05) is 13.8 Å². The van der Waals surface area contributed by atoms with Gasteiger partial charge in [0.2, 0.25) is 5.91 Å². The lowest BCUT2D eigenvalue weighted by atomic mass is 9.92. The lowest BCUT2D eigenvalue weighted by Crippen LogP contribution is -2.56. The predicted molar refractivity (Wildman–Crippen MR) is 142 cm³/mol. The number of likely N-dealkylation sites (tertiary alicyclic amines) is 1. The third-order valence-corrected chi connectivity index (χ3v) is 7.59. The quantitative estimate of drug-likeness (QED) is 0.385. The van der Waals surface area contributed by atoms with Crippen LogP contribution in [0.1, 0.15) is 50.1 Å². The number of carbonyl (C=O) groups is 2. The second-order valence-corrected chi connectivity index (χ2v) is 11.0. The van der Waals surface area contributed by atoms with Crippen molar-refractivity contribution in [2.45, 2.75) is 52.1 Å². The number of nitrogens with one attached hydrogen (secondary N) is 1. The molecule has 198 valence electrons. The van der Waals surface area contributed by atoms with Crippen molar-refractivity contribution in [3.8, 4) is 0 Å². The highest BCUT2D eigenvalue weighted by Gasteiger charge is 2.37. The maximum atomic E-state index is 14.4. The number of hydrogen-bond donors (Lipinski definition) is 1. The molecule has 36 heavy (non-hydrogen) atoms. The average molecular weight is 520 g/mol. The topological polar surface area (TPSA) is 79.7 Å². The van der Waals surface area contributed by atoms with Crippen molar-refractivity contribution in [3.05, 3.63) is 23.8 Å². The number of hydrogen-bond acceptors (Lipinski definition) is 5. The summed E-state index contributed by atoms with van der Waals surface area (Å²) in [5, 5.41) is 3.85. The molecule has 3 atom stereocenters. The molecule has 3 unspecified atom stereocenters. The van der Waals surface area contributed by atoms with Gasteiger partial charge in [0.05, 0.1) is 17.0 Å². The van der Waals surface area contributed by atoms with E-state index in [4.69, 9.17) is 4.74 Å². The fourth-order valence-corrected chi connectivity index (χ4v) is 5.37. The number of halogens is 1. The van der Waals surface area contributed by atoms with Gasteiger partial charge < -0.3 is 24.4 Å². The van der Waals surface area contributed by atoms with Crippen LogP contribution in [0.25, 0.3) is 11.0 Å². The number of amides is 2. The number of ether oxygens (including phenoxy) is 1. The van der Waals surface area contributed by atoms with Crippen molar-refractivity contribution in [1.82, 2.24) is 24.7 Å². The molecule has 2 fully saturated rings. The number of fused-ring (bicyclic) bond motifs is 1. The average Bonchev–Trinajstić information content (AvgIpc) is 3.16. The molecule has 2 aliphatic heterocycles. The first-order chi connectivity index (χ1) is 17.3. The number of piperidine rings is 1. The zero-order chi connectivity index (χ0) is 25.8. The van der Waals surface area contributed by atoms with E-state index in [9.17, 15) is 14.0 Å². The molecule has 3 heterocycles. The van der Waals surface area contributed by atoms with Gasteiger partial charge in [0.1, 0.15) is 5.82 Å². The number of rotatable bonds is 10. The first-order valence-corrected chi connectivity index (χ1v) is 13.6. The molecule has 0 spiro atoms. The van der Waals surface area contributed by atoms with Crippen LogP contribution in [0.3, 0.4) is 0 Å². The summed E-state index contributed by atoms with van der Waals surface area (Å²) in [6, 6.07) is 3.03. The van der Waals surface area contributed by atoms with Gasteiger partial charge in [-0.15, -0.1) is 9.24 Å². The molecule has 2 saturated heterocycles. The molecular formula is C26H39FN5O3P. The highest BCUT2D eigenvalue weighted by molar-refractivity contribution is 7.27. The number of aryl methyl sites for hydroxylation is 1. The lowest BCUT2D eigenvalue weighted by Gasteiger charge is -2.41. The summed E-state index contributed by atoms with van der Waals surface area (Å²) in [4.78, 5) is 35.5. The van der Waals surface area contributed by atoms with Gasteiger partial charge in [0.15, 0.2) is 5.82 Å². The van der Waals surface area contributed by atoms with Gasteiger partial charge in [-0.2, -0.15) is 0 Å². The molecule has 2 aromatic rings. The molecule has 0 bridgehead atoms. The minimum atomic E-state index is -0.363. The molecule has 2 amide bonds. The number of carbonyl (C=O) groups excluding carboxylic acids is 2. The Morgan fingerprint density at radius 3 is 2.72 bits per heavy atom. The molecule has 10 heteroatoms. The number of methoxy groups -OCH3 is 1. The van der Waals surface area contributed by atoms with Crippen molar-refractivity contribution in [3.63, 3.8) is 0 Å². The van der Waals surface area contributed by atoms with Gasteiger partial charge in [0.25, 0.3) is 5.91 Å². The molecular weight excluding hydrogens is 480 g/mol. The molecule has 0 saturated carbocycles. The smallest absolute Gasteiger partial charge is 0.290 e. The number of aromatic nitrogens is 2. The molecule has 1 aromatic carbocycles. The standard InChI is InChI=1S/C26H39FN5O3P/c1-17(2)16-32(19-11-18(14-28-15-19)25(33)30-7-6-8-30)26(34)24-29-21-12-20(27)23(36)13-22(21)31(24)9-4-5-10-35-3/h12-13,17-19,28H,4-11,14-16,36H2,1-3H3. The van der Waals surface area contributed by atoms with Crippen LogP contribution >= 0.6 is 9.24 Å². The van der Waals surface area contributed by atoms with E-state index in [2.05, 4.69) is 33.4 Å². The first-order valence-electron chi connectivity index (χ1n) is 13.0. The monoisotopic (exact) mass is 519 g/mol. The third kappa shape index (κ3) is 5.90. The van der Waals surface area contributed by atoms with Gasteiger partial charge in [-0.3, -0.25) is 9.59 Å². The first kappa shape index (κ1) is 27.0. The van der Waals surface area contributed by atoms with Gasteiger partial charge in [0, 0.05) is 70.4 Å². The summed E-state index contributed by atoms with van der Waals surface area (Å²) < 4.78 is 21.5. The molecule has 0 radical (unpaired) electrons. The van der Waals surface area contributed by atoms with E-state index in [-0.39, 0.29) is 35.5 Å². The Balaban J connectivity index is 1.64. The Bertz CT molecular complexity index is 1090. The normalized spacial score (nSPS) is 20.1. The molecule has 1 aromatic heterocycles. The second-order valence-electron chi connectivity index (χ2n) is 10.4. The van der Waals surface area contributed by atoms with Gasteiger partial charge in [-0.05, 0) is 37.7 Å². The van der Waals surface area contributed by atoms with Crippen molar-refractivity contribution in [2.24, 2.45) is 11.8 Å². The summed E-state index contributed by atoms with van der Waals surface area (Å²) in [6.07, 6.45) is 3.36. The van der Waals surface area contributed by atoms with Crippen LogP contribution in [0, 0.1) is 17.7 Å². The molecule has 0 aliphatic carbocycles. The van der Waals surface area contributed by atoms with Crippen LogP contribution in [-0.4, -0.2) is 83.6 Å². The maximum Gasteiger partial charge on any atom is 0.290 e. The van der Waals surface area contributed by atoms with E-state index in [1.54, 1.807) is 13.2 Å². The summed E-state index contributed by atoms with van der Waals surface area (Å²) in [5.74, 6) is 0.0993. The van der Waals surface area contributed by atoms with E-state index < -0.39 is 0 Å². The maximum absolute atomic E-state index is 14.4. The van der Waals surface area contributed by atoms with Crippen LogP contribution in [0.2, 0.25) is 0 Å². The second kappa shape index (κ2) is 12.0. The summed E-state index contributed by atoms with van der Waals surface area (Å²) in [5.41, 5.74) is 1.23. The van der Waals surface area contributed by atoms with Gasteiger partial charge in [-0.25, -0.2) is 9.37 Å². The highest BCUT2D eigenvalue weighted by atomic mass is 31.0. The van der Waals surface area contributed by atoms with Crippen LogP contribution in [-0.2, 0) is 16.1 Å². The van der Waals surface area contributed by atoms with Crippen LogP contribution in [0.15, 0.2) is 12.1 Å². The highest BCUT2D eigenvalue weighted by Crippen LogP contribution is 2.25. The molecule has 1 N–H and O–H groups in total. The van der Waals surface area contributed by atoms with Crippen molar-refractivity contribution in [1.29, 1.82) is 0 Å². The lowest BCUT2D eigenvalue weighted by molar-refractivity contribution is -0.140. The van der Waals surface area contributed by atoms with Gasteiger partial charge >= 0.3 is 0 Å². The fraction of sp³-hybridized carbons (Fsp3) is 0.654. The summed E-state index contributed by atoms with van der Waals surface area (Å²) in [7, 11) is 4.09. The van der Waals surface area contributed by atoms with Crippen LogP contribution < -0.4 is 10.6 Å². The number of benzene rings is 1. The Hall–Kier alpha value is -2.09. The predicted octanol–water partition coefficient (Wildman–Crippen LogP) is 2.41. The minimum absolute atomic E-state index is 0.111. The van der Waals surface area contributed by atoms with Crippen molar-refractivity contribution < 1.29 is 18.7 Å².